The summed E-state index contributed by atoms with van der Waals surface area (Å²) in [4.78, 5) is 12.6. The van der Waals surface area contributed by atoms with Gasteiger partial charge in [-0.3, -0.25) is 9.36 Å². The number of halogens is 1. The Bertz CT molecular complexity index is 1300. The lowest BCUT2D eigenvalue weighted by atomic mass is 10.1. The van der Waals surface area contributed by atoms with Gasteiger partial charge in [0.15, 0.2) is 11.0 Å². The first-order chi connectivity index (χ1) is 16.4. The molecule has 4 rings (SSSR count). The maximum atomic E-state index is 12.6. The van der Waals surface area contributed by atoms with E-state index in [1.807, 2.05) is 34.9 Å². The number of aryl methyl sites for hydroxylation is 2. The Kier molecular flexibility index (Phi) is 7.55. The third kappa shape index (κ3) is 5.61. The fourth-order valence-corrected chi connectivity index (χ4v) is 4.41. The van der Waals surface area contributed by atoms with Crippen molar-refractivity contribution in [3.63, 3.8) is 0 Å². The highest BCUT2D eigenvalue weighted by molar-refractivity contribution is 7.99. The zero-order valence-corrected chi connectivity index (χ0v) is 20.9. The van der Waals surface area contributed by atoms with Crippen LogP contribution < -0.4 is 10.6 Å². The van der Waals surface area contributed by atoms with Gasteiger partial charge in [-0.25, -0.2) is 0 Å². The Balaban J connectivity index is 1.56. The Morgan fingerprint density at radius 1 is 0.971 bits per heavy atom. The number of amides is 1. The van der Waals surface area contributed by atoms with Crippen molar-refractivity contribution in [2.75, 3.05) is 16.4 Å². The number of hydrogen-bond donors (Lipinski definition) is 2. The Hall–Kier alpha value is -3.29. The second-order valence-corrected chi connectivity index (χ2v) is 9.34. The van der Waals surface area contributed by atoms with Crippen molar-refractivity contribution in [2.24, 2.45) is 0 Å². The van der Waals surface area contributed by atoms with Crippen LogP contribution in [0.15, 0.2) is 71.9 Å². The SMILES string of the molecule is Cc1ccc(NCc2nnc(SCC(=O)Nc3ccccc3Cl)n2-c2cccc(C)c2C)cc1. The highest BCUT2D eigenvalue weighted by Crippen LogP contribution is 2.27. The minimum Gasteiger partial charge on any atom is -0.378 e. The molecule has 1 heterocycles. The molecule has 0 atom stereocenters. The average molecular weight is 492 g/mol. The monoisotopic (exact) mass is 491 g/mol. The van der Waals surface area contributed by atoms with Crippen LogP contribution in [0.1, 0.15) is 22.5 Å². The Morgan fingerprint density at radius 2 is 1.74 bits per heavy atom. The number of hydrogen-bond acceptors (Lipinski definition) is 5. The van der Waals surface area contributed by atoms with Gasteiger partial charge < -0.3 is 10.6 Å². The fourth-order valence-electron chi connectivity index (χ4n) is 3.46. The van der Waals surface area contributed by atoms with E-state index in [9.17, 15) is 4.79 Å². The molecule has 0 aliphatic carbocycles. The highest BCUT2D eigenvalue weighted by Gasteiger charge is 2.18. The zero-order valence-electron chi connectivity index (χ0n) is 19.3. The number of anilines is 2. The lowest BCUT2D eigenvalue weighted by Crippen LogP contribution is -2.15. The van der Waals surface area contributed by atoms with Crippen molar-refractivity contribution >= 4 is 40.6 Å². The first-order valence-electron chi connectivity index (χ1n) is 10.9. The topological polar surface area (TPSA) is 71.8 Å². The van der Waals surface area contributed by atoms with Gasteiger partial charge in [-0.1, -0.05) is 65.3 Å². The van der Waals surface area contributed by atoms with Crippen LogP contribution in [0.4, 0.5) is 11.4 Å². The smallest absolute Gasteiger partial charge is 0.234 e. The van der Waals surface area contributed by atoms with Crippen LogP contribution in [0.3, 0.4) is 0 Å². The molecular weight excluding hydrogens is 466 g/mol. The van der Waals surface area contributed by atoms with E-state index in [0.29, 0.717) is 22.4 Å². The van der Waals surface area contributed by atoms with Crippen LogP contribution in [0.25, 0.3) is 5.69 Å². The van der Waals surface area contributed by atoms with E-state index in [1.165, 1.54) is 22.9 Å². The van der Waals surface area contributed by atoms with Gasteiger partial charge >= 0.3 is 0 Å². The van der Waals surface area contributed by atoms with E-state index in [4.69, 9.17) is 11.6 Å². The molecule has 2 N–H and O–H groups in total. The summed E-state index contributed by atoms with van der Waals surface area (Å²) in [5, 5.41) is 16.3. The molecule has 0 saturated heterocycles. The Labute approximate surface area is 208 Å². The van der Waals surface area contributed by atoms with E-state index < -0.39 is 0 Å². The van der Waals surface area contributed by atoms with Gasteiger partial charge in [0.2, 0.25) is 5.91 Å². The van der Waals surface area contributed by atoms with Gasteiger partial charge in [0.05, 0.1) is 28.7 Å². The van der Waals surface area contributed by atoms with Gasteiger partial charge in [0.25, 0.3) is 0 Å². The molecule has 1 amide bonds. The summed E-state index contributed by atoms with van der Waals surface area (Å²) in [6.07, 6.45) is 0. The largest absolute Gasteiger partial charge is 0.378 e. The van der Waals surface area contributed by atoms with Crippen molar-refractivity contribution in [2.45, 2.75) is 32.5 Å². The molecule has 6 nitrogen and oxygen atoms in total. The molecule has 8 heteroatoms. The van der Waals surface area contributed by atoms with Crippen LogP contribution in [0.2, 0.25) is 5.02 Å². The first-order valence-corrected chi connectivity index (χ1v) is 12.3. The number of aromatic nitrogens is 3. The summed E-state index contributed by atoms with van der Waals surface area (Å²) in [5.41, 5.74) is 6.12. The molecule has 0 spiro atoms. The van der Waals surface area contributed by atoms with Crippen molar-refractivity contribution in [3.8, 4) is 5.69 Å². The van der Waals surface area contributed by atoms with Gasteiger partial charge in [-0.05, 0) is 62.2 Å². The molecule has 1 aromatic heterocycles. The number of rotatable bonds is 8. The molecule has 0 aliphatic rings. The van der Waals surface area contributed by atoms with Crippen LogP contribution in [-0.2, 0) is 11.3 Å². The lowest BCUT2D eigenvalue weighted by molar-refractivity contribution is -0.113. The molecule has 174 valence electrons. The molecule has 34 heavy (non-hydrogen) atoms. The van der Waals surface area contributed by atoms with Gasteiger partial charge in [0, 0.05) is 5.69 Å². The Morgan fingerprint density at radius 3 is 2.50 bits per heavy atom. The van der Waals surface area contributed by atoms with Crippen LogP contribution >= 0.6 is 23.4 Å². The molecule has 0 radical (unpaired) electrons. The van der Waals surface area contributed by atoms with E-state index in [0.717, 1.165) is 22.8 Å². The summed E-state index contributed by atoms with van der Waals surface area (Å²) in [7, 11) is 0. The average Bonchev–Trinajstić information content (AvgIpc) is 3.23. The third-order valence-electron chi connectivity index (χ3n) is 5.50. The standard InChI is InChI=1S/C26H26ClN5OS/c1-17-11-13-20(14-12-17)28-15-24-30-31-26(32(24)23-10-6-7-18(2)19(23)3)34-16-25(33)29-22-9-5-4-8-21(22)27/h4-14,28H,15-16H2,1-3H3,(H,29,33). The number of carbonyl (C=O) groups is 1. The van der Waals surface area contributed by atoms with E-state index in [-0.39, 0.29) is 11.7 Å². The number of thioether (sulfide) groups is 1. The minimum atomic E-state index is -0.159. The number of nitrogens with one attached hydrogen (secondary N) is 2. The maximum absolute atomic E-state index is 12.6. The van der Waals surface area contributed by atoms with E-state index >= 15 is 0 Å². The molecule has 0 aliphatic heterocycles. The molecular formula is C26H26ClN5OS. The summed E-state index contributed by atoms with van der Waals surface area (Å²) >= 11 is 7.51. The van der Waals surface area contributed by atoms with E-state index in [1.54, 1.807) is 12.1 Å². The normalized spacial score (nSPS) is 10.8. The van der Waals surface area contributed by atoms with E-state index in [2.05, 4.69) is 65.9 Å². The van der Waals surface area contributed by atoms with Crippen molar-refractivity contribution in [1.29, 1.82) is 0 Å². The summed E-state index contributed by atoms with van der Waals surface area (Å²) < 4.78 is 2.02. The number of carbonyl (C=O) groups excluding carboxylic acids is 1. The molecule has 3 aromatic carbocycles. The predicted molar refractivity (Wildman–Crippen MR) is 140 cm³/mol. The zero-order chi connectivity index (χ0) is 24.1. The number of benzene rings is 3. The molecule has 0 bridgehead atoms. The lowest BCUT2D eigenvalue weighted by Gasteiger charge is -2.15. The first kappa shape index (κ1) is 23.9. The van der Waals surface area contributed by atoms with Crippen molar-refractivity contribution in [3.05, 3.63) is 94.3 Å². The molecule has 0 saturated carbocycles. The van der Waals surface area contributed by atoms with Crippen LogP contribution in [0, 0.1) is 20.8 Å². The third-order valence-corrected chi connectivity index (χ3v) is 6.76. The number of nitrogens with zero attached hydrogens (tertiary/aromatic N) is 3. The van der Waals surface area contributed by atoms with Gasteiger partial charge in [-0.15, -0.1) is 10.2 Å². The highest BCUT2D eigenvalue weighted by atomic mass is 35.5. The second-order valence-electron chi connectivity index (χ2n) is 7.99. The summed E-state index contributed by atoms with van der Waals surface area (Å²) in [6.45, 7) is 6.72. The summed E-state index contributed by atoms with van der Waals surface area (Å²) in [6, 6.07) is 21.6. The second kappa shape index (κ2) is 10.8. The summed E-state index contributed by atoms with van der Waals surface area (Å²) in [5.74, 6) is 0.788. The molecule has 4 aromatic rings. The van der Waals surface area contributed by atoms with Crippen LogP contribution in [-0.4, -0.2) is 26.4 Å². The van der Waals surface area contributed by atoms with Crippen LogP contribution in [0.5, 0.6) is 0 Å². The van der Waals surface area contributed by atoms with Crippen molar-refractivity contribution < 1.29 is 4.79 Å². The maximum Gasteiger partial charge on any atom is 0.234 e. The predicted octanol–water partition coefficient (Wildman–Crippen LogP) is 6.19. The van der Waals surface area contributed by atoms with Crippen molar-refractivity contribution in [1.82, 2.24) is 14.8 Å². The minimum absolute atomic E-state index is 0.159. The molecule has 0 unspecified atom stereocenters. The van der Waals surface area contributed by atoms with Gasteiger partial charge in [-0.2, -0.15) is 0 Å². The fraction of sp³-hybridized carbons (Fsp3) is 0.192. The number of para-hydroxylation sites is 1. The quantitative estimate of drug-likeness (QED) is 0.287. The molecule has 0 fully saturated rings. The van der Waals surface area contributed by atoms with Gasteiger partial charge in [0.1, 0.15) is 0 Å².